The Bertz CT molecular complexity index is 915. The molecule has 0 saturated carbocycles. The summed E-state index contributed by atoms with van der Waals surface area (Å²) in [6.07, 6.45) is -4.47. The fourth-order valence-corrected chi connectivity index (χ4v) is 2.54. The molecule has 3 amide bonds. The van der Waals surface area contributed by atoms with Gasteiger partial charge >= 0.3 is 6.18 Å². The Kier molecular flexibility index (Phi) is 8.42. The van der Waals surface area contributed by atoms with Crippen molar-refractivity contribution in [3.05, 3.63) is 65.2 Å². The molecule has 0 radical (unpaired) electrons. The van der Waals surface area contributed by atoms with Crippen LogP contribution < -0.4 is 20.7 Å². The van der Waals surface area contributed by atoms with E-state index in [1.54, 1.807) is 31.2 Å². The molecular formula is C21H22F3N3O4. The molecule has 0 fully saturated rings. The molecule has 0 aliphatic carbocycles. The second kappa shape index (κ2) is 11.0. The van der Waals surface area contributed by atoms with Gasteiger partial charge in [-0.05, 0) is 43.3 Å². The summed E-state index contributed by atoms with van der Waals surface area (Å²) < 4.78 is 43.0. The zero-order valence-corrected chi connectivity index (χ0v) is 16.7. The van der Waals surface area contributed by atoms with E-state index in [1.807, 2.05) is 0 Å². The van der Waals surface area contributed by atoms with Crippen LogP contribution in [-0.4, -0.2) is 44.0 Å². The predicted octanol–water partition coefficient (Wildman–Crippen LogP) is 2.38. The minimum atomic E-state index is -4.47. The Balaban J connectivity index is 1.71. The lowest BCUT2D eigenvalue weighted by Crippen LogP contribution is -2.40. The number of ether oxygens (including phenoxy) is 1. The van der Waals surface area contributed by atoms with Gasteiger partial charge in [-0.25, -0.2) is 0 Å². The van der Waals surface area contributed by atoms with Crippen molar-refractivity contribution in [2.24, 2.45) is 0 Å². The summed E-state index contributed by atoms with van der Waals surface area (Å²) in [5.74, 6) is -1.08. The number of benzene rings is 2. The van der Waals surface area contributed by atoms with Gasteiger partial charge in [-0.3, -0.25) is 14.4 Å². The first-order chi connectivity index (χ1) is 14.7. The van der Waals surface area contributed by atoms with E-state index in [-0.39, 0.29) is 25.2 Å². The third-order valence-corrected chi connectivity index (χ3v) is 4.05. The maximum absolute atomic E-state index is 12.5. The molecule has 10 heteroatoms. The van der Waals surface area contributed by atoms with Crippen LogP contribution in [-0.2, 0) is 11.0 Å². The molecule has 0 saturated heterocycles. The fraction of sp³-hybridized carbons (Fsp3) is 0.286. The molecule has 2 aromatic rings. The van der Waals surface area contributed by atoms with Gasteiger partial charge < -0.3 is 20.7 Å². The largest absolute Gasteiger partial charge is 0.493 e. The van der Waals surface area contributed by atoms with Crippen LogP contribution in [0.25, 0.3) is 0 Å². The van der Waals surface area contributed by atoms with Crippen LogP contribution in [0, 0.1) is 0 Å². The summed E-state index contributed by atoms with van der Waals surface area (Å²) in [5.41, 5.74) is -0.470. The molecule has 0 aliphatic heterocycles. The van der Waals surface area contributed by atoms with E-state index in [0.29, 0.717) is 17.9 Å². The van der Waals surface area contributed by atoms with Crippen LogP contribution in [0.4, 0.5) is 13.2 Å². The van der Waals surface area contributed by atoms with Crippen molar-refractivity contribution < 1.29 is 32.3 Å². The number of hydrogen-bond donors (Lipinski definition) is 3. The molecule has 0 aromatic heterocycles. The van der Waals surface area contributed by atoms with Gasteiger partial charge in [0.2, 0.25) is 5.91 Å². The van der Waals surface area contributed by atoms with Crippen LogP contribution in [0.5, 0.6) is 5.75 Å². The van der Waals surface area contributed by atoms with E-state index in [0.717, 1.165) is 24.3 Å². The van der Waals surface area contributed by atoms with Crippen molar-refractivity contribution in [1.29, 1.82) is 0 Å². The van der Waals surface area contributed by atoms with E-state index in [9.17, 15) is 27.6 Å². The lowest BCUT2D eigenvalue weighted by atomic mass is 10.1. The second-order valence-electron chi connectivity index (χ2n) is 6.29. The number of nitrogens with one attached hydrogen (secondary N) is 3. The van der Waals surface area contributed by atoms with Gasteiger partial charge in [-0.1, -0.05) is 12.1 Å². The molecule has 31 heavy (non-hydrogen) atoms. The lowest BCUT2D eigenvalue weighted by molar-refractivity contribution is -0.137. The highest BCUT2D eigenvalue weighted by molar-refractivity contribution is 5.98. The van der Waals surface area contributed by atoms with Crippen molar-refractivity contribution in [3.63, 3.8) is 0 Å². The smallest absolute Gasteiger partial charge is 0.416 e. The maximum Gasteiger partial charge on any atom is 0.416 e. The molecule has 0 aliphatic rings. The van der Waals surface area contributed by atoms with E-state index in [1.165, 1.54) is 0 Å². The molecule has 2 aromatic carbocycles. The van der Waals surface area contributed by atoms with Gasteiger partial charge in [-0.15, -0.1) is 0 Å². The van der Waals surface area contributed by atoms with Gasteiger partial charge in [0.15, 0.2) is 0 Å². The molecule has 0 unspecified atom stereocenters. The maximum atomic E-state index is 12.5. The first-order valence-corrected chi connectivity index (χ1v) is 9.44. The van der Waals surface area contributed by atoms with Crippen molar-refractivity contribution in [1.82, 2.24) is 16.0 Å². The molecule has 7 nitrogen and oxygen atoms in total. The minimum Gasteiger partial charge on any atom is -0.493 e. The standard InChI is InChI=1S/C21H22F3N3O4/c1-2-31-17-6-4-3-5-16(17)20(30)27-13-18(28)25-11-12-26-19(29)14-7-9-15(10-8-14)21(22,23)24/h3-10H,2,11-13H2,1H3,(H,25,28)(H,26,29)(H,27,30). The van der Waals surface area contributed by atoms with E-state index in [2.05, 4.69) is 16.0 Å². The Morgan fingerprint density at radius 1 is 0.871 bits per heavy atom. The zero-order valence-electron chi connectivity index (χ0n) is 16.7. The predicted molar refractivity (Wildman–Crippen MR) is 107 cm³/mol. The fourth-order valence-electron chi connectivity index (χ4n) is 2.54. The van der Waals surface area contributed by atoms with Gasteiger partial charge in [0.25, 0.3) is 11.8 Å². The number of hydrogen-bond acceptors (Lipinski definition) is 4. The number of rotatable bonds is 9. The lowest BCUT2D eigenvalue weighted by Gasteiger charge is -2.11. The highest BCUT2D eigenvalue weighted by atomic mass is 19.4. The Labute approximate surface area is 177 Å². The van der Waals surface area contributed by atoms with E-state index >= 15 is 0 Å². The third-order valence-electron chi connectivity index (χ3n) is 4.05. The van der Waals surface area contributed by atoms with Crippen LogP contribution in [0.15, 0.2) is 48.5 Å². The second-order valence-corrected chi connectivity index (χ2v) is 6.29. The highest BCUT2D eigenvalue weighted by Gasteiger charge is 2.30. The molecular weight excluding hydrogens is 415 g/mol. The summed E-state index contributed by atoms with van der Waals surface area (Å²) in [6, 6.07) is 10.4. The summed E-state index contributed by atoms with van der Waals surface area (Å²) in [5, 5.41) is 7.48. The van der Waals surface area contributed by atoms with Crippen molar-refractivity contribution in [2.45, 2.75) is 13.1 Å². The molecule has 0 spiro atoms. The zero-order chi connectivity index (χ0) is 22.9. The number of halogens is 3. The number of para-hydroxylation sites is 1. The average Bonchev–Trinajstić information content (AvgIpc) is 2.75. The molecule has 0 heterocycles. The number of carbonyl (C=O) groups is 3. The van der Waals surface area contributed by atoms with Gasteiger partial charge in [-0.2, -0.15) is 13.2 Å². The monoisotopic (exact) mass is 437 g/mol. The van der Waals surface area contributed by atoms with Crippen LogP contribution in [0.2, 0.25) is 0 Å². The average molecular weight is 437 g/mol. The van der Waals surface area contributed by atoms with Gasteiger partial charge in [0, 0.05) is 18.7 Å². The first kappa shape index (κ1) is 23.7. The van der Waals surface area contributed by atoms with Crippen molar-refractivity contribution >= 4 is 17.7 Å². The third kappa shape index (κ3) is 7.32. The normalized spacial score (nSPS) is 10.8. The Morgan fingerprint density at radius 2 is 1.52 bits per heavy atom. The number of amides is 3. The van der Waals surface area contributed by atoms with Crippen molar-refractivity contribution in [3.8, 4) is 5.75 Å². The molecule has 2 rings (SSSR count). The first-order valence-electron chi connectivity index (χ1n) is 9.44. The minimum absolute atomic E-state index is 0.0622. The molecule has 0 bridgehead atoms. The molecule has 166 valence electrons. The highest BCUT2D eigenvalue weighted by Crippen LogP contribution is 2.29. The molecule has 0 atom stereocenters. The van der Waals surface area contributed by atoms with E-state index in [4.69, 9.17) is 4.74 Å². The Morgan fingerprint density at radius 3 is 2.16 bits per heavy atom. The van der Waals surface area contributed by atoms with Gasteiger partial charge in [0.1, 0.15) is 5.75 Å². The van der Waals surface area contributed by atoms with E-state index < -0.39 is 29.5 Å². The summed E-state index contributed by atoms with van der Waals surface area (Å²) >= 11 is 0. The summed E-state index contributed by atoms with van der Waals surface area (Å²) in [7, 11) is 0. The summed E-state index contributed by atoms with van der Waals surface area (Å²) in [6.45, 7) is 2.05. The van der Waals surface area contributed by atoms with Crippen molar-refractivity contribution in [2.75, 3.05) is 26.2 Å². The Hall–Kier alpha value is -3.56. The van der Waals surface area contributed by atoms with Crippen LogP contribution in [0.1, 0.15) is 33.2 Å². The van der Waals surface area contributed by atoms with Crippen LogP contribution in [0.3, 0.4) is 0 Å². The number of alkyl halides is 3. The van der Waals surface area contributed by atoms with Gasteiger partial charge in [0.05, 0.1) is 24.3 Å². The summed E-state index contributed by atoms with van der Waals surface area (Å²) in [4.78, 5) is 36.0. The SMILES string of the molecule is CCOc1ccccc1C(=O)NCC(=O)NCCNC(=O)c1ccc(C(F)(F)F)cc1. The number of carbonyl (C=O) groups excluding carboxylic acids is 3. The quantitative estimate of drug-likeness (QED) is 0.525. The molecule has 3 N–H and O–H groups in total. The topological polar surface area (TPSA) is 96.5 Å². The van der Waals surface area contributed by atoms with Crippen LogP contribution >= 0.6 is 0 Å².